The van der Waals surface area contributed by atoms with Gasteiger partial charge >= 0.3 is 0 Å². The first-order valence-corrected chi connectivity index (χ1v) is 19.1. The minimum absolute atomic E-state index is 0.0587. The largest absolute Gasteiger partial charge is 0.455 e. The maximum Gasteiger partial charge on any atom is 0.144 e. The molecule has 0 aliphatic rings. The van der Waals surface area contributed by atoms with Crippen LogP contribution in [0.3, 0.4) is 0 Å². The van der Waals surface area contributed by atoms with Crippen LogP contribution in [0.1, 0.15) is 26.3 Å². The van der Waals surface area contributed by atoms with E-state index in [1.807, 2.05) is 11.3 Å². The van der Waals surface area contributed by atoms with Gasteiger partial charge < -0.3 is 9.32 Å². The van der Waals surface area contributed by atoms with Crippen LogP contribution in [0.2, 0.25) is 0 Å². The third-order valence-electron chi connectivity index (χ3n) is 10.6. The Morgan fingerprint density at radius 1 is 0.472 bits per heavy atom. The molecule has 10 aromatic rings. The molecule has 0 fully saturated rings. The van der Waals surface area contributed by atoms with Crippen LogP contribution in [0, 0.1) is 0 Å². The van der Waals surface area contributed by atoms with Gasteiger partial charge in [-0.1, -0.05) is 148 Å². The van der Waals surface area contributed by atoms with Crippen molar-refractivity contribution in [1.82, 2.24) is 0 Å². The van der Waals surface area contributed by atoms with E-state index in [4.69, 9.17) is 4.42 Å². The van der Waals surface area contributed by atoms with Crippen LogP contribution in [0.5, 0.6) is 0 Å². The SMILES string of the molecule is CC(C)(C)c1ccc(N(c2ccc(-c3ccccc3)cc2)c2ccc(-c3ccccc3)c3ccccc23)c2c1sc1ccc3c4ccccc4oc3c12. The molecular formula is C50H37NOS. The van der Waals surface area contributed by atoms with E-state index in [0.29, 0.717) is 0 Å². The summed E-state index contributed by atoms with van der Waals surface area (Å²) in [7, 11) is 0. The van der Waals surface area contributed by atoms with Gasteiger partial charge in [0.2, 0.25) is 0 Å². The molecular weight excluding hydrogens is 663 g/mol. The van der Waals surface area contributed by atoms with Crippen LogP contribution in [0.4, 0.5) is 17.1 Å². The van der Waals surface area contributed by atoms with Gasteiger partial charge in [0.05, 0.1) is 11.4 Å². The molecule has 0 radical (unpaired) electrons. The minimum Gasteiger partial charge on any atom is -0.455 e. The molecule has 0 atom stereocenters. The molecule has 0 saturated carbocycles. The van der Waals surface area contributed by atoms with Crippen molar-refractivity contribution in [2.24, 2.45) is 0 Å². The fraction of sp³-hybridized carbons (Fsp3) is 0.0800. The lowest BCUT2D eigenvalue weighted by Gasteiger charge is -2.30. The molecule has 0 amide bonds. The third kappa shape index (κ3) is 5.15. The maximum atomic E-state index is 6.79. The molecule has 0 N–H and O–H groups in total. The fourth-order valence-corrected chi connectivity index (χ4v) is 9.53. The molecule has 53 heavy (non-hydrogen) atoms. The second kappa shape index (κ2) is 12.2. The molecule has 2 aromatic heterocycles. The van der Waals surface area contributed by atoms with E-state index < -0.39 is 0 Å². The Kier molecular flexibility index (Phi) is 7.28. The number of benzene rings is 8. The summed E-state index contributed by atoms with van der Waals surface area (Å²) in [5.74, 6) is 0. The topological polar surface area (TPSA) is 16.4 Å². The predicted molar refractivity (Wildman–Crippen MR) is 228 cm³/mol. The first kappa shape index (κ1) is 31.6. The first-order valence-electron chi connectivity index (χ1n) is 18.3. The summed E-state index contributed by atoms with van der Waals surface area (Å²) >= 11 is 1.88. The number of hydrogen-bond acceptors (Lipinski definition) is 3. The van der Waals surface area contributed by atoms with Crippen LogP contribution in [-0.4, -0.2) is 0 Å². The predicted octanol–water partition coefficient (Wildman–Crippen LogP) is 15.2. The zero-order valence-electron chi connectivity index (χ0n) is 29.9. The summed E-state index contributed by atoms with van der Waals surface area (Å²) < 4.78 is 9.32. The number of rotatable bonds is 5. The second-order valence-corrected chi connectivity index (χ2v) is 15.9. The van der Waals surface area contributed by atoms with E-state index in [1.165, 1.54) is 58.8 Å². The number of hydrogen-bond donors (Lipinski definition) is 0. The van der Waals surface area contributed by atoms with Gasteiger partial charge in [-0.3, -0.25) is 0 Å². The Bertz CT molecular complexity index is 2970. The van der Waals surface area contributed by atoms with Crippen LogP contribution in [-0.2, 0) is 5.41 Å². The van der Waals surface area contributed by atoms with Crippen molar-refractivity contribution in [2.75, 3.05) is 4.90 Å². The number of anilines is 3. The molecule has 0 spiro atoms. The molecule has 2 nitrogen and oxygen atoms in total. The van der Waals surface area contributed by atoms with Gasteiger partial charge in [0.1, 0.15) is 11.2 Å². The van der Waals surface area contributed by atoms with Crippen molar-refractivity contribution in [3.05, 3.63) is 175 Å². The summed E-state index contributed by atoms with van der Waals surface area (Å²) in [4.78, 5) is 2.48. The molecule has 10 rings (SSSR count). The summed E-state index contributed by atoms with van der Waals surface area (Å²) in [6.07, 6.45) is 0. The highest BCUT2D eigenvalue weighted by atomic mass is 32.1. The Balaban J connectivity index is 1.32. The lowest BCUT2D eigenvalue weighted by Crippen LogP contribution is -2.14. The van der Waals surface area contributed by atoms with Gasteiger partial charge in [0, 0.05) is 42.0 Å². The molecule has 8 aromatic carbocycles. The molecule has 0 aliphatic carbocycles. The van der Waals surface area contributed by atoms with E-state index in [1.54, 1.807) is 0 Å². The van der Waals surface area contributed by atoms with Crippen LogP contribution >= 0.6 is 11.3 Å². The van der Waals surface area contributed by atoms with Crippen molar-refractivity contribution in [2.45, 2.75) is 26.2 Å². The Morgan fingerprint density at radius 3 is 1.83 bits per heavy atom. The van der Waals surface area contributed by atoms with Crippen LogP contribution < -0.4 is 4.90 Å². The lowest BCUT2D eigenvalue weighted by atomic mass is 9.85. The fourth-order valence-electron chi connectivity index (χ4n) is 8.09. The summed E-state index contributed by atoms with van der Waals surface area (Å²) in [5, 5.41) is 7.12. The van der Waals surface area contributed by atoms with E-state index in [9.17, 15) is 0 Å². The smallest absolute Gasteiger partial charge is 0.144 e. The van der Waals surface area contributed by atoms with Gasteiger partial charge in [0.25, 0.3) is 0 Å². The quantitative estimate of drug-likeness (QED) is 0.178. The van der Waals surface area contributed by atoms with Crippen molar-refractivity contribution in [3.8, 4) is 22.3 Å². The number of nitrogens with zero attached hydrogens (tertiary/aromatic N) is 1. The highest BCUT2D eigenvalue weighted by Crippen LogP contribution is 2.52. The Labute approximate surface area is 313 Å². The van der Waals surface area contributed by atoms with E-state index >= 15 is 0 Å². The average Bonchev–Trinajstić information content (AvgIpc) is 3.78. The monoisotopic (exact) mass is 699 g/mol. The van der Waals surface area contributed by atoms with Gasteiger partial charge in [-0.2, -0.15) is 0 Å². The van der Waals surface area contributed by atoms with Crippen LogP contribution in [0.25, 0.3) is 75.1 Å². The zero-order valence-corrected chi connectivity index (χ0v) is 30.7. The minimum atomic E-state index is -0.0587. The van der Waals surface area contributed by atoms with Crippen LogP contribution in [0.15, 0.2) is 174 Å². The van der Waals surface area contributed by atoms with Gasteiger partial charge in [-0.15, -0.1) is 11.3 Å². The molecule has 0 saturated heterocycles. The third-order valence-corrected chi connectivity index (χ3v) is 11.8. The highest BCUT2D eigenvalue weighted by molar-refractivity contribution is 7.26. The van der Waals surface area contributed by atoms with Gasteiger partial charge in [0.15, 0.2) is 0 Å². The summed E-state index contributed by atoms with van der Waals surface area (Å²) in [6.45, 7) is 6.95. The van der Waals surface area contributed by atoms with E-state index in [-0.39, 0.29) is 5.41 Å². The van der Waals surface area contributed by atoms with E-state index in [0.717, 1.165) is 39.0 Å². The second-order valence-electron chi connectivity index (χ2n) is 14.9. The van der Waals surface area contributed by atoms with Gasteiger partial charge in [-0.05, 0) is 81.1 Å². The first-order chi connectivity index (χ1) is 25.9. The molecule has 0 aliphatic heterocycles. The summed E-state index contributed by atoms with van der Waals surface area (Å²) in [5.41, 5.74) is 11.3. The number of thiophene rings is 1. The molecule has 3 heteroatoms. The van der Waals surface area contributed by atoms with Crippen molar-refractivity contribution < 1.29 is 4.42 Å². The van der Waals surface area contributed by atoms with Crippen molar-refractivity contribution in [3.63, 3.8) is 0 Å². The number of furan rings is 1. The van der Waals surface area contributed by atoms with Crippen molar-refractivity contribution >= 4 is 81.3 Å². The summed E-state index contributed by atoms with van der Waals surface area (Å²) in [6, 6.07) is 61.5. The standard InChI is InChI=1S/C50H37NOS/c1-50(2,3)41-28-30-43(46-47-45(53-49(41)46)31-27-40-39-20-12-13-21-44(39)52-48(40)47)51(35-24-22-33(23-25-35)32-14-6-4-7-15-32)42-29-26-36(34-16-8-5-9-17-34)37-18-10-11-19-38(37)42/h4-31H,1-3H3. The zero-order chi connectivity index (χ0) is 35.7. The average molecular weight is 700 g/mol. The molecule has 0 bridgehead atoms. The number of fused-ring (bicyclic) bond motifs is 8. The normalized spacial score (nSPS) is 12.1. The lowest BCUT2D eigenvalue weighted by molar-refractivity contribution is 0.597. The van der Waals surface area contributed by atoms with Gasteiger partial charge in [-0.25, -0.2) is 0 Å². The molecule has 2 heterocycles. The Hall–Kier alpha value is -6.16. The van der Waals surface area contributed by atoms with Crippen molar-refractivity contribution in [1.29, 1.82) is 0 Å². The maximum absolute atomic E-state index is 6.79. The number of para-hydroxylation sites is 1. The van der Waals surface area contributed by atoms with E-state index in [2.05, 4.69) is 196 Å². The highest BCUT2D eigenvalue weighted by Gasteiger charge is 2.27. The Morgan fingerprint density at radius 2 is 1.09 bits per heavy atom. The molecule has 254 valence electrons. The molecule has 0 unspecified atom stereocenters.